The third-order valence-electron chi connectivity index (χ3n) is 2.93. The Morgan fingerprint density at radius 2 is 2.33 bits per heavy atom. The van der Waals surface area contributed by atoms with E-state index in [0.717, 1.165) is 23.6 Å². The third-order valence-corrected chi connectivity index (χ3v) is 5.58. The molecule has 1 aliphatic rings. The van der Waals surface area contributed by atoms with E-state index in [9.17, 15) is 0 Å². The van der Waals surface area contributed by atoms with Crippen molar-refractivity contribution < 1.29 is 0 Å². The first-order valence-electron chi connectivity index (χ1n) is 5.42. The van der Waals surface area contributed by atoms with Gasteiger partial charge in [-0.15, -0.1) is 11.3 Å². The van der Waals surface area contributed by atoms with Crippen LogP contribution in [-0.4, -0.2) is 16.0 Å². The van der Waals surface area contributed by atoms with Crippen LogP contribution in [0.3, 0.4) is 0 Å². The van der Waals surface area contributed by atoms with E-state index in [1.807, 2.05) is 11.8 Å². The number of thiazole rings is 1. The van der Waals surface area contributed by atoms with Crippen molar-refractivity contribution in [2.45, 2.75) is 44.4 Å². The van der Waals surface area contributed by atoms with Crippen LogP contribution < -0.4 is 5.73 Å². The second kappa shape index (κ2) is 4.07. The normalized spacial score (nSPS) is 31.1. The van der Waals surface area contributed by atoms with Crippen molar-refractivity contribution in [3.63, 3.8) is 0 Å². The summed E-state index contributed by atoms with van der Waals surface area (Å²) in [7, 11) is 0. The zero-order valence-electron chi connectivity index (χ0n) is 9.54. The van der Waals surface area contributed by atoms with Gasteiger partial charge in [-0.1, -0.05) is 13.8 Å². The van der Waals surface area contributed by atoms with Crippen molar-refractivity contribution in [3.8, 4) is 0 Å². The Morgan fingerprint density at radius 3 is 2.80 bits per heavy atom. The number of aryl methyl sites for hydroxylation is 2. The standard InChI is InChI=1S/C11H18N2S2/c1-4-9-8(3)15-10(13-9)11(12)5-7(2)14-6-11/h7H,4-6,12H2,1-3H3. The summed E-state index contributed by atoms with van der Waals surface area (Å²) in [6.45, 7) is 6.55. The lowest BCUT2D eigenvalue weighted by molar-refractivity contribution is 0.481. The lowest BCUT2D eigenvalue weighted by atomic mass is 9.99. The molecule has 1 aromatic heterocycles. The van der Waals surface area contributed by atoms with Gasteiger partial charge in [-0.2, -0.15) is 11.8 Å². The molecule has 0 amide bonds. The highest BCUT2D eigenvalue weighted by Crippen LogP contribution is 2.41. The first-order chi connectivity index (χ1) is 7.05. The largest absolute Gasteiger partial charge is 0.319 e. The van der Waals surface area contributed by atoms with E-state index in [1.165, 1.54) is 10.6 Å². The molecule has 84 valence electrons. The van der Waals surface area contributed by atoms with Crippen LogP contribution in [0.4, 0.5) is 0 Å². The Kier molecular flexibility index (Phi) is 3.10. The first-order valence-corrected chi connectivity index (χ1v) is 7.29. The number of thioether (sulfide) groups is 1. The number of nitrogens with two attached hydrogens (primary N) is 1. The molecule has 2 nitrogen and oxygen atoms in total. The lowest BCUT2D eigenvalue weighted by Crippen LogP contribution is -2.36. The van der Waals surface area contributed by atoms with Gasteiger partial charge < -0.3 is 5.73 Å². The molecule has 4 heteroatoms. The minimum absolute atomic E-state index is 0.160. The predicted octanol–water partition coefficient (Wildman–Crippen LogP) is 2.69. The minimum Gasteiger partial charge on any atom is -0.319 e. The smallest absolute Gasteiger partial charge is 0.114 e. The van der Waals surface area contributed by atoms with Gasteiger partial charge in [0.2, 0.25) is 0 Å². The van der Waals surface area contributed by atoms with Crippen LogP contribution >= 0.6 is 23.1 Å². The highest BCUT2D eigenvalue weighted by Gasteiger charge is 2.38. The molecule has 1 aliphatic heterocycles. The molecule has 2 rings (SSSR count). The van der Waals surface area contributed by atoms with E-state index in [4.69, 9.17) is 10.7 Å². The quantitative estimate of drug-likeness (QED) is 0.866. The molecule has 15 heavy (non-hydrogen) atoms. The van der Waals surface area contributed by atoms with Crippen molar-refractivity contribution in [2.75, 3.05) is 5.75 Å². The summed E-state index contributed by atoms with van der Waals surface area (Å²) in [5.41, 5.74) is 7.50. The van der Waals surface area contributed by atoms with Crippen LogP contribution in [0.5, 0.6) is 0 Å². The Bertz CT molecular complexity index is 361. The van der Waals surface area contributed by atoms with Gasteiger partial charge in [-0.25, -0.2) is 4.98 Å². The molecule has 0 radical (unpaired) electrons. The molecule has 1 saturated heterocycles. The Labute approximate surface area is 99.7 Å². The maximum absolute atomic E-state index is 6.43. The lowest BCUT2D eigenvalue weighted by Gasteiger charge is -2.19. The van der Waals surface area contributed by atoms with Crippen LogP contribution in [-0.2, 0) is 12.0 Å². The fraction of sp³-hybridized carbons (Fsp3) is 0.727. The van der Waals surface area contributed by atoms with E-state index in [-0.39, 0.29) is 5.54 Å². The van der Waals surface area contributed by atoms with Gasteiger partial charge in [0, 0.05) is 15.9 Å². The molecule has 2 heterocycles. The van der Waals surface area contributed by atoms with Crippen molar-refractivity contribution in [1.82, 2.24) is 4.98 Å². The number of nitrogens with zero attached hydrogens (tertiary/aromatic N) is 1. The summed E-state index contributed by atoms with van der Waals surface area (Å²) in [4.78, 5) is 6.03. The van der Waals surface area contributed by atoms with Crippen molar-refractivity contribution >= 4 is 23.1 Å². The Morgan fingerprint density at radius 1 is 1.60 bits per heavy atom. The monoisotopic (exact) mass is 242 g/mol. The molecule has 0 bridgehead atoms. The number of hydrogen-bond acceptors (Lipinski definition) is 4. The van der Waals surface area contributed by atoms with Gasteiger partial charge in [0.1, 0.15) is 5.01 Å². The molecule has 2 unspecified atom stereocenters. The molecule has 2 N–H and O–H groups in total. The van der Waals surface area contributed by atoms with E-state index in [0.29, 0.717) is 5.25 Å². The minimum atomic E-state index is -0.160. The number of aromatic nitrogens is 1. The molecular formula is C11H18N2S2. The molecule has 0 aliphatic carbocycles. The first kappa shape index (κ1) is 11.4. The fourth-order valence-electron chi connectivity index (χ4n) is 2.04. The number of hydrogen-bond donors (Lipinski definition) is 1. The van der Waals surface area contributed by atoms with Crippen LogP contribution in [0.15, 0.2) is 0 Å². The molecule has 2 atom stereocenters. The van der Waals surface area contributed by atoms with E-state index < -0.39 is 0 Å². The molecule has 1 aromatic rings. The number of rotatable bonds is 2. The average molecular weight is 242 g/mol. The van der Waals surface area contributed by atoms with Crippen molar-refractivity contribution in [2.24, 2.45) is 5.73 Å². The second-order valence-corrected chi connectivity index (χ2v) is 6.99. The third kappa shape index (κ3) is 2.08. The van der Waals surface area contributed by atoms with E-state index in [1.54, 1.807) is 11.3 Å². The van der Waals surface area contributed by atoms with E-state index >= 15 is 0 Å². The van der Waals surface area contributed by atoms with Crippen molar-refractivity contribution in [3.05, 3.63) is 15.6 Å². The molecule has 1 fully saturated rings. The van der Waals surface area contributed by atoms with Gasteiger partial charge in [0.25, 0.3) is 0 Å². The summed E-state index contributed by atoms with van der Waals surface area (Å²) >= 11 is 3.75. The topological polar surface area (TPSA) is 38.9 Å². The van der Waals surface area contributed by atoms with Crippen LogP contribution in [0.25, 0.3) is 0 Å². The molecular weight excluding hydrogens is 224 g/mol. The summed E-state index contributed by atoms with van der Waals surface area (Å²) < 4.78 is 0. The SMILES string of the molecule is CCc1nc(C2(N)CSC(C)C2)sc1C. The second-order valence-electron chi connectivity index (χ2n) is 4.36. The fourth-order valence-corrected chi connectivity index (χ4v) is 4.50. The van der Waals surface area contributed by atoms with Gasteiger partial charge in [-0.05, 0) is 19.8 Å². The maximum atomic E-state index is 6.43. The van der Waals surface area contributed by atoms with Gasteiger partial charge in [-0.3, -0.25) is 0 Å². The molecule has 0 saturated carbocycles. The van der Waals surface area contributed by atoms with Crippen LogP contribution in [0.1, 0.15) is 35.8 Å². The Hall–Kier alpha value is -0.0600. The summed E-state index contributed by atoms with van der Waals surface area (Å²) in [5, 5.41) is 1.82. The average Bonchev–Trinajstić information content (AvgIpc) is 2.71. The summed E-state index contributed by atoms with van der Waals surface area (Å²) in [5.74, 6) is 1.02. The van der Waals surface area contributed by atoms with Crippen LogP contribution in [0.2, 0.25) is 0 Å². The molecule has 0 aromatic carbocycles. The van der Waals surface area contributed by atoms with E-state index in [2.05, 4.69) is 20.8 Å². The maximum Gasteiger partial charge on any atom is 0.114 e. The highest BCUT2D eigenvalue weighted by atomic mass is 32.2. The van der Waals surface area contributed by atoms with Gasteiger partial charge in [0.15, 0.2) is 0 Å². The zero-order chi connectivity index (χ0) is 11.1. The zero-order valence-corrected chi connectivity index (χ0v) is 11.2. The Balaban J connectivity index is 2.29. The molecule has 0 spiro atoms. The van der Waals surface area contributed by atoms with Gasteiger partial charge in [0.05, 0.1) is 11.2 Å². The van der Waals surface area contributed by atoms with Gasteiger partial charge >= 0.3 is 0 Å². The van der Waals surface area contributed by atoms with Crippen molar-refractivity contribution in [1.29, 1.82) is 0 Å². The predicted molar refractivity (Wildman–Crippen MR) is 68.6 cm³/mol. The summed E-state index contributed by atoms with van der Waals surface area (Å²) in [6, 6.07) is 0. The summed E-state index contributed by atoms with van der Waals surface area (Å²) in [6.07, 6.45) is 2.08. The van der Waals surface area contributed by atoms with Crippen LogP contribution in [0, 0.1) is 6.92 Å². The highest BCUT2D eigenvalue weighted by molar-refractivity contribution is 8.00.